The van der Waals surface area contributed by atoms with E-state index in [0.29, 0.717) is 11.0 Å². The smallest absolute Gasteiger partial charge is 0.258 e. The molecule has 2 rings (SSSR count). The van der Waals surface area contributed by atoms with Crippen molar-refractivity contribution < 1.29 is 4.92 Å². The number of nitrogens with one attached hydrogen (secondary N) is 1. The Morgan fingerprint density at radius 1 is 1.33 bits per heavy atom. The molecule has 0 unspecified atom stereocenters. The highest BCUT2D eigenvalue weighted by Crippen LogP contribution is 2.25. The van der Waals surface area contributed by atoms with Gasteiger partial charge >= 0.3 is 0 Å². The highest BCUT2D eigenvalue weighted by molar-refractivity contribution is 9.10. The third kappa shape index (κ3) is 3.51. The Morgan fingerprint density at radius 2 is 2.06 bits per heavy atom. The van der Waals surface area contributed by atoms with Gasteiger partial charge in [0, 0.05) is 25.7 Å². The van der Waals surface area contributed by atoms with Crippen molar-refractivity contribution in [1.29, 1.82) is 0 Å². The molecule has 1 aliphatic rings. The minimum absolute atomic E-state index is 0.118. The van der Waals surface area contributed by atoms with Gasteiger partial charge in [0.1, 0.15) is 0 Å². The number of halogens is 1. The largest absolute Gasteiger partial charge is 0.283 e. The van der Waals surface area contributed by atoms with Crippen LogP contribution in [0.5, 0.6) is 0 Å². The molecule has 1 saturated heterocycles. The lowest BCUT2D eigenvalue weighted by molar-refractivity contribution is -0.385. The minimum atomic E-state index is -0.367. The summed E-state index contributed by atoms with van der Waals surface area (Å²) in [5.74, 6) is 0. The maximum atomic E-state index is 10.8. The number of piperidine rings is 1. The summed E-state index contributed by atoms with van der Waals surface area (Å²) in [6.07, 6.45) is 3.73. The summed E-state index contributed by atoms with van der Waals surface area (Å²) < 4.78 is 0.522. The summed E-state index contributed by atoms with van der Waals surface area (Å²) in [6, 6.07) is 5.24. The molecule has 0 radical (unpaired) electrons. The van der Waals surface area contributed by atoms with Crippen LogP contribution in [0.4, 0.5) is 5.69 Å². The van der Waals surface area contributed by atoms with E-state index in [1.807, 2.05) is 6.07 Å². The molecule has 0 atom stereocenters. The second-order valence-electron chi connectivity index (χ2n) is 4.43. The molecule has 1 aromatic carbocycles. The fourth-order valence-electron chi connectivity index (χ4n) is 2.06. The molecule has 0 saturated carbocycles. The van der Waals surface area contributed by atoms with E-state index in [1.54, 1.807) is 12.1 Å². The first-order chi connectivity index (χ1) is 8.66. The van der Waals surface area contributed by atoms with Crippen molar-refractivity contribution in [3.05, 3.63) is 38.3 Å². The van der Waals surface area contributed by atoms with Gasteiger partial charge in [0.05, 0.1) is 9.40 Å². The molecule has 98 valence electrons. The van der Waals surface area contributed by atoms with Gasteiger partial charge in [-0.3, -0.25) is 15.5 Å². The second-order valence-corrected chi connectivity index (χ2v) is 5.28. The van der Waals surface area contributed by atoms with Gasteiger partial charge in [-0.05, 0) is 40.4 Å². The first-order valence-electron chi connectivity index (χ1n) is 6.08. The third-order valence-corrected chi connectivity index (χ3v) is 3.74. The maximum Gasteiger partial charge on any atom is 0.283 e. The quantitative estimate of drug-likeness (QED) is 0.686. The van der Waals surface area contributed by atoms with Gasteiger partial charge in [0.15, 0.2) is 0 Å². The predicted octanol–water partition coefficient (Wildman–Crippen LogP) is 2.85. The second kappa shape index (κ2) is 6.26. The van der Waals surface area contributed by atoms with E-state index in [-0.39, 0.29) is 10.6 Å². The normalized spacial score (nSPS) is 16.7. The van der Waals surface area contributed by atoms with Crippen LogP contribution in [-0.4, -0.2) is 23.0 Å². The third-order valence-electron chi connectivity index (χ3n) is 3.07. The van der Waals surface area contributed by atoms with E-state index in [2.05, 4.69) is 26.4 Å². The molecular weight excluding hydrogens is 298 g/mol. The number of rotatable bonds is 4. The molecule has 6 heteroatoms. The summed E-state index contributed by atoms with van der Waals surface area (Å²) in [4.78, 5) is 10.5. The standard InChI is InChI=1S/C12H16BrN3O2/c13-11-5-4-10(8-12(11)16(17)18)9-14-15-6-2-1-3-7-15/h4-5,8,14H,1-3,6-7,9H2. The van der Waals surface area contributed by atoms with Crippen LogP contribution in [0.2, 0.25) is 0 Å². The van der Waals surface area contributed by atoms with E-state index in [4.69, 9.17) is 0 Å². The van der Waals surface area contributed by atoms with Crippen LogP contribution in [0, 0.1) is 10.1 Å². The topological polar surface area (TPSA) is 58.4 Å². The molecule has 1 N–H and O–H groups in total. The summed E-state index contributed by atoms with van der Waals surface area (Å²) >= 11 is 3.19. The molecule has 0 aromatic heterocycles. The summed E-state index contributed by atoms with van der Waals surface area (Å²) in [6.45, 7) is 2.74. The zero-order valence-electron chi connectivity index (χ0n) is 10.1. The highest BCUT2D eigenvalue weighted by Gasteiger charge is 2.13. The average Bonchev–Trinajstić information content (AvgIpc) is 2.38. The monoisotopic (exact) mass is 313 g/mol. The van der Waals surface area contributed by atoms with Crippen LogP contribution in [-0.2, 0) is 6.54 Å². The summed E-state index contributed by atoms with van der Waals surface area (Å²) in [5.41, 5.74) is 4.36. The molecule has 0 amide bonds. The summed E-state index contributed by atoms with van der Waals surface area (Å²) in [5, 5.41) is 13.0. The van der Waals surface area contributed by atoms with Crippen LogP contribution < -0.4 is 5.43 Å². The van der Waals surface area contributed by atoms with Crippen LogP contribution in [0.3, 0.4) is 0 Å². The molecule has 1 aliphatic heterocycles. The summed E-state index contributed by atoms with van der Waals surface area (Å²) in [7, 11) is 0. The number of hydrogen-bond donors (Lipinski definition) is 1. The Labute approximate surface area is 114 Å². The number of hydrazine groups is 1. The number of nitro groups is 1. The van der Waals surface area contributed by atoms with Crippen LogP contribution in [0.15, 0.2) is 22.7 Å². The van der Waals surface area contributed by atoms with Gasteiger partial charge < -0.3 is 0 Å². The fourth-order valence-corrected chi connectivity index (χ4v) is 2.45. The van der Waals surface area contributed by atoms with Crippen molar-refractivity contribution in [3.63, 3.8) is 0 Å². The highest BCUT2D eigenvalue weighted by atomic mass is 79.9. The van der Waals surface area contributed by atoms with Gasteiger partial charge in [-0.2, -0.15) is 0 Å². The molecule has 1 aromatic rings. The van der Waals surface area contributed by atoms with Crippen molar-refractivity contribution in [3.8, 4) is 0 Å². The Hall–Kier alpha value is -0.980. The fraction of sp³-hybridized carbons (Fsp3) is 0.500. The molecule has 1 heterocycles. The van der Waals surface area contributed by atoms with Crippen LogP contribution >= 0.6 is 15.9 Å². The number of nitrogens with zero attached hydrogens (tertiary/aromatic N) is 2. The van der Waals surface area contributed by atoms with Gasteiger partial charge in [-0.1, -0.05) is 12.5 Å². The number of benzene rings is 1. The SMILES string of the molecule is O=[N+]([O-])c1cc(CNN2CCCCC2)ccc1Br. The van der Waals surface area contributed by atoms with Crippen LogP contribution in [0.1, 0.15) is 24.8 Å². The maximum absolute atomic E-state index is 10.8. The van der Waals surface area contributed by atoms with Crippen LogP contribution in [0.25, 0.3) is 0 Å². The van der Waals surface area contributed by atoms with Gasteiger partial charge in [0.2, 0.25) is 0 Å². The van der Waals surface area contributed by atoms with E-state index < -0.39 is 0 Å². The lowest BCUT2D eigenvalue weighted by Crippen LogP contribution is -2.41. The molecule has 0 aliphatic carbocycles. The van der Waals surface area contributed by atoms with Gasteiger partial charge in [-0.25, -0.2) is 5.01 Å². The lowest BCUT2D eigenvalue weighted by atomic mass is 10.1. The van der Waals surface area contributed by atoms with Crippen molar-refractivity contribution >= 4 is 21.6 Å². The van der Waals surface area contributed by atoms with E-state index in [1.165, 1.54) is 19.3 Å². The first-order valence-corrected chi connectivity index (χ1v) is 6.87. The predicted molar refractivity (Wildman–Crippen MR) is 73.1 cm³/mol. The minimum Gasteiger partial charge on any atom is -0.258 e. The molecular formula is C12H16BrN3O2. The van der Waals surface area contributed by atoms with Crippen molar-refractivity contribution in [2.24, 2.45) is 0 Å². The number of hydrogen-bond acceptors (Lipinski definition) is 4. The van der Waals surface area contributed by atoms with Gasteiger partial charge in [-0.15, -0.1) is 0 Å². The van der Waals surface area contributed by atoms with E-state index in [9.17, 15) is 10.1 Å². The van der Waals surface area contributed by atoms with Gasteiger partial charge in [0.25, 0.3) is 5.69 Å². The molecule has 18 heavy (non-hydrogen) atoms. The first kappa shape index (κ1) is 13.5. The molecule has 1 fully saturated rings. The van der Waals surface area contributed by atoms with Crippen molar-refractivity contribution in [2.75, 3.05) is 13.1 Å². The zero-order chi connectivity index (χ0) is 13.0. The Kier molecular flexibility index (Phi) is 4.68. The molecule has 5 nitrogen and oxygen atoms in total. The molecule has 0 spiro atoms. The lowest BCUT2D eigenvalue weighted by Gasteiger charge is -2.27. The molecule has 0 bridgehead atoms. The van der Waals surface area contributed by atoms with E-state index in [0.717, 1.165) is 18.7 Å². The van der Waals surface area contributed by atoms with Crippen molar-refractivity contribution in [1.82, 2.24) is 10.4 Å². The Bertz CT molecular complexity index is 433. The average molecular weight is 314 g/mol. The number of nitro benzene ring substituents is 1. The van der Waals surface area contributed by atoms with E-state index >= 15 is 0 Å². The Balaban J connectivity index is 1.96. The zero-order valence-corrected chi connectivity index (χ0v) is 11.6. The Morgan fingerprint density at radius 3 is 2.72 bits per heavy atom. The van der Waals surface area contributed by atoms with Crippen molar-refractivity contribution in [2.45, 2.75) is 25.8 Å².